The summed E-state index contributed by atoms with van der Waals surface area (Å²) in [5, 5.41) is 1.97. The number of nitrogen functional groups attached to an aromatic ring is 1. The highest BCUT2D eigenvalue weighted by Crippen LogP contribution is 2.36. The fraction of sp³-hybridized carbons (Fsp3) is 0.424. The minimum absolute atomic E-state index is 0.203. The van der Waals surface area contributed by atoms with Crippen LogP contribution in [0.5, 0.6) is 5.75 Å². The first-order valence-electron chi connectivity index (χ1n) is 14.8. The number of imide groups is 1. The van der Waals surface area contributed by atoms with Gasteiger partial charge in [-0.3, -0.25) is 19.4 Å². The van der Waals surface area contributed by atoms with E-state index in [2.05, 4.69) is 4.90 Å². The van der Waals surface area contributed by atoms with Crippen LogP contribution in [0.2, 0.25) is 5.02 Å². The lowest BCUT2D eigenvalue weighted by Gasteiger charge is -2.32. The quantitative estimate of drug-likeness (QED) is 0.132. The number of piperidine rings is 1. The van der Waals surface area contributed by atoms with Gasteiger partial charge in [-0.05, 0) is 62.5 Å². The molecule has 3 aromatic carbocycles. The van der Waals surface area contributed by atoms with Crippen molar-refractivity contribution >= 4 is 51.5 Å². The fourth-order valence-corrected chi connectivity index (χ4v) is 6.33. The molecule has 10 heteroatoms. The second-order valence-electron chi connectivity index (χ2n) is 11.5. The monoisotopic (exact) mass is 606 g/mol. The van der Waals surface area contributed by atoms with Gasteiger partial charge < -0.3 is 20.1 Å². The van der Waals surface area contributed by atoms with Gasteiger partial charge in [0.2, 0.25) is 0 Å². The molecule has 0 aliphatic carbocycles. The molecule has 0 unspecified atom stereocenters. The lowest BCUT2D eigenvalue weighted by Crippen LogP contribution is -2.41. The number of hydrogen-bond donors (Lipinski definition) is 1. The van der Waals surface area contributed by atoms with Crippen molar-refractivity contribution in [1.82, 2.24) is 9.80 Å². The molecule has 1 saturated heterocycles. The van der Waals surface area contributed by atoms with Crippen molar-refractivity contribution in [3.63, 3.8) is 0 Å². The van der Waals surface area contributed by atoms with Crippen LogP contribution in [0.1, 0.15) is 63.2 Å². The van der Waals surface area contributed by atoms with Gasteiger partial charge in [-0.1, -0.05) is 36.6 Å². The minimum atomic E-state index is -0.488. The highest BCUT2D eigenvalue weighted by atomic mass is 35.5. The summed E-state index contributed by atoms with van der Waals surface area (Å²) in [7, 11) is 5.39. The number of anilines is 2. The number of ether oxygens (including phenoxy) is 2. The average molecular weight is 607 g/mol. The van der Waals surface area contributed by atoms with E-state index < -0.39 is 5.97 Å². The van der Waals surface area contributed by atoms with Gasteiger partial charge in [0.25, 0.3) is 11.8 Å². The lowest BCUT2D eigenvalue weighted by molar-refractivity contribution is 0.0434. The summed E-state index contributed by atoms with van der Waals surface area (Å²) in [4.78, 5) is 45.0. The zero-order valence-corrected chi connectivity index (χ0v) is 25.8. The van der Waals surface area contributed by atoms with Gasteiger partial charge in [0, 0.05) is 60.8 Å². The summed E-state index contributed by atoms with van der Waals surface area (Å²) in [6.45, 7) is 3.25. The number of nitrogens with zero attached hydrogens (tertiary/aromatic N) is 3. The van der Waals surface area contributed by atoms with Crippen molar-refractivity contribution in [2.45, 2.75) is 32.1 Å². The van der Waals surface area contributed by atoms with Crippen LogP contribution in [0, 0.1) is 5.92 Å². The first kappa shape index (κ1) is 30.6. The van der Waals surface area contributed by atoms with Gasteiger partial charge in [0.1, 0.15) is 17.9 Å². The van der Waals surface area contributed by atoms with E-state index in [9.17, 15) is 14.4 Å². The number of unbranched alkanes of at least 4 members (excludes halogenated alkanes) is 1. The molecular weight excluding hydrogens is 568 g/mol. The van der Waals surface area contributed by atoms with E-state index >= 15 is 0 Å². The molecule has 0 radical (unpaired) electrons. The molecule has 9 nitrogen and oxygen atoms in total. The van der Waals surface area contributed by atoms with Crippen molar-refractivity contribution < 1.29 is 23.9 Å². The zero-order valence-electron chi connectivity index (χ0n) is 25.0. The largest absolute Gasteiger partial charge is 0.496 e. The van der Waals surface area contributed by atoms with Gasteiger partial charge in [-0.15, -0.1) is 0 Å². The maximum atomic E-state index is 13.3. The maximum Gasteiger partial charge on any atom is 0.342 e. The number of nitrogens with two attached hydrogens (primary N) is 1. The molecule has 0 saturated carbocycles. The summed E-state index contributed by atoms with van der Waals surface area (Å²) < 4.78 is 10.7. The Kier molecular flexibility index (Phi) is 9.42. The number of hydrogen-bond acceptors (Lipinski definition) is 8. The van der Waals surface area contributed by atoms with E-state index in [1.165, 1.54) is 24.1 Å². The Morgan fingerprint density at radius 1 is 1.02 bits per heavy atom. The number of benzene rings is 3. The molecule has 2 amide bonds. The third kappa shape index (κ3) is 6.43. The van der Waals surface area contributed by atoms with Crippen LogP contribution in [0.3, 0.4) is 0 Å². The third-order valence-corrected chi connectivity index (χ3v) is 8.91. The molecule has 5 rings (SSSR count). The van der Waals surface area contributed by atoms with E-state index in [0.717, 1.165) is 61.7 Å². The molecule has 2 aliphatic heterocycles. The SMILES string of the molecule is COc1cc(N)c(Cl)cc1C(=O)OCCN1CCC(CCCCN2C(=O)c3cccc4c(N(C)C)ccc(c34)C2=O)CC1. The van der Waals surface area contributed by atoms with Gasteiger partial charge in [0.15, 0.2) is 0 Å². The summed E-state index contributed by atoms with van der Waals surface area (Å²) in [5.74, 6) is 0.0453. The molecule has 2 N–H and O–H groups in total. The van der Waals surface area contributed by atoms with Crippen LogP contribution in [0.4, 0.5) is 11.4 Å². The van der Waals surface area contributed by atoms with Gasteiger partial charge in [0.05, 0.1) is 17.8 Å². The van der Waals surface area contributed by atoms with Crippen molar-refractivity contribution in [3.05, 3.63) is 64.2 Å². The summed E-state index contributed by atoms with van der Waals surface area (Å²) >= 11 is 6.07. The Morgan fingerprint density at radius 3 is 2.44 bits per heavy atom. The number of halogens is 1. The highest BCUT2D eigenvalue weighted by Gasteiger charge is 2.33. The Balaban J connectivity index is 1.05. The van der Waals surface area contributed by atoms with E-state index in [4.69, 9.17) is 26.8 Å². The highest BCUT2D eigenvalue weighted by molar-refractivity contribution is 6.33. The molecule has 0 spiro atoms. The second kappa shape index (κ2) is 13.2. The van der Waals surface area contributed by atoms with Gasteiger partial charge in [-0.2, -0.15) is 0 Å². The van der Waals surface area contributed by atoms with Crippen molar-refractivity contribution in [1.29, 1.82) is 0 Å². The van der Waals surface area contributed by atoms with Gasteiger partial charge in [-0.25, -0.2) is 4.79 Å². The zero-order chi connectivity index (χ0) is 30.7. The van der Waals surface area contributed by atoms with E-state index in [-0.39, 0.29) is 29.0 Å². The number of esters is 1. The molecule has 0 aromatic heterocycles. The van der Waals surface area contributed by atoms with Crippen LogP contribution < -0.4 is 15.4 Å². The Labute approximate surface area is 257 Å². The predicted molar refractivity (Wildman–Crippen MR) is 169 cm³/mol. The van der Waals surface area contributed by atoms with Crippen molar-refractivity contribution in [2.75, 3.05) is 64.6 Å². The summed E-state index contributed by atoms with van der Waals surface area (Å²) in [5.41, 5.74) is 8.59. The molecule has 43 heavy (non-hydrogen) atoms. The number of carbonyl (C=O) groups is 3. The van der Waals surface area contributed by atoms with Crippen LogP contribution in [0.15, 0.2) is 42.5 Å². The molecular formula is C33H39ClN4O5. The third-order valence-electron chi connectivity index (χ3n) is 8.58. The molecule has 228 valence electrons. The van der Waals surface area contributed by atoms with Gasteiger partial charge >= 0.3 is 5.97 Å². The van der Waals surface area contributed by atoms with Crippen molar-refractivity contribution in [2.24, 2.45) is 5.92 Å². The van der Waals surface area contributed by atoms with Crippen LogP contribution in [-0.4, -0.2) is 81.6 Å². The maximum absolute atomic E-state index is 13.3. The number of carbonyl (C=O) groups excluding carboxylic acids is 3. The van der Waals surface area contributed by atoms with Crippen LogP contribution >= 0.6 is 11.6 Å². The number of likely N-dealkylation sites (tertiary alicyclic amines) is 1. The Bertz CT molecular complexity index is 1510. The topological polar surface area (TPSA) is 105 Å². The van der Waals surface area contributed by atoms with E-state index in [1.54, 1.807) is 0 Å². The predicted octanol–water partition coefficient (Wildman–Crippen LogP) is 5.49. The minimum Gasteiger partial charge on any atom is -0.496 e. The lowest BCUT2D eigenvalue weighted by atomic mass is 9.91. The number of methoxy groups -OCH3 is 1. The van der Waals surface area contributed by atoms with Crippen LogP contribution in [0.25, 0.3) is 10.8 Å². The second-order valence-corrected chi connectivity index (χ2v) is 11.9. The smallest absolute Gasteiger partial charge is 0.342 e. The van der Waals surface area contributed by atoms with E-state index in [0.29, 0.717) is 41.6 Å². The fourth-order valence-electron chi connectivity index (χ4n) is 6.17. The number of amides is 2. The summed E-state index contributed by atoms with van der Waals surface area (Å²) in [6, 6.07) is 12.5. The molecule has 0 atom stereocenters. The molecule has 0 bridgehead atoms. The summed E-state index contributed by atoms with van der Waals surface area (Å²) in [6.07, 6.45) is 4.95. The molecule has 3 aromatic rings. The Morgan fingerprint density at radius 2 is 1.74 bits per heavy atom. The average Bonchev–Trinajstić information content (AvgIpc) is 3.00. The first-order valence-corrected chi connectivity index (χ1v) is 15.2. The molecule has 2 heterocycles. The molecule has 2 aliphatic rings. The normalized spacial score (nSPS) is 15.7. The first-order chi connectivity index (χ1) is 20.7. The number of rotatable bonds is 11. The Hall–Kier alpha value is -3.82. The van der Waals surface area contributed by atoms with Crippen LogP contribution in [-0.2, 0) is 4.74 Å². The van der Waals surface area contributed by atoms with E-state index in [1.807, 2.05) is 49.3 Å². The molecule has 1 fully saturated rings. The van der Waals surface area contributed by atoms with Crippen molar-refractivity contribution in [3.8, 4) is 5.75 Å². The standard InChI is InChI=1S/C33H39ClN4O5/c1-36(2)28-11-10-24-30-22(28)8-6-9-23(30)31(39)38(32(24)40)14-5-4-7-21-12-15-37(16-13-21)17-18-43-33(41)25-19-26(34)27(35)20-29(25)42-3/h6,8-11,19-21H,4-5,7,12-18,35H2,1-3H3.